The summed E-state index contributed by atoms with van der Waals surface area (Å²) in [4.78, 5) is 24.1. The average molecular weight is 448 g/mol. The first kappa shape index (κ1) is 20.6. The van der Waals surface area contributed by atoms with Crippen molar-refractivity contribution >= 4 is 27.9 Å². The molecule has 0 aliphatic carbocycles. The van der Waals surface area contributed by atoms with Gasteiger partial charge in [-0.25, -0.2) is 23.5 Å². The second kappa shape index (κ2) is 7.70. The summed E-state index contributed by atoms with van der Waals surface area (Å²) in [5.41, 5.74) is 1.07. The fourth-order valence-corrected chi connectivity index (χ4v) is 4.02. The van der Waals surface area contributed by atoms with Gasteiger partial charge in [-0.05, 0) is 42.0 Å². The number of benzene rings is 2. The van der Waals surface area contributed by atoms with Crippen molar-refractivity contribution in [1.29, 1.82) is 0 Å². The van der Waals surface area contributed by atoms with Crippen molar-refractivity contribution in [2.75, 3.05) is 0 Å². The SMILES string of the molecule is CCc1nc2c(C(=O)O)cc(-c3ccnc(F)c3F)cc2n1-c1ccnc2cccc(F)c12. The Morgan fingerprint density at radius 1 is 1.06 bits per heavy atom. The summed E-state index contributed by atoms with van der Waals surface area (Å²) < 4.78 is 44.8. The number of rotatable bonds is 4. The van der Waals surface area contributed by atoms with Crippen LogP contribution in [0.25, 0.3) is 38.8 Å². The number of imidazole rings is 1. The lowest BCUT2D eigenvalue weighted by Crippen LogP contribution is -2.03. The van der Waals surface area contributed by atoms with Gasteiger partial charge in [-0.15, -0.1) is 0 Å². The van der Waals surface area contributed by atoms with Crippen LogP contribution in [-0.2, 0) is 6.42 Å². The van der Waals surface area contributed by atoms with Crippen LogP contribution >= 0.6 is 0 Å². The molecule has 5 rings (SSSR count). The van der Waals surface area contributed by atoms with E-state index in [4.69, 9.17) is 0 Å². The minimum absolute atomic E-state index is 0.126. The Bertz CT molecular complexity index is 1570. The molecule has 1 N–H and O–H groups in total. The maximum Gasteiger partial charge on any atom is 0.337 e. The largest absolute Gasteiger partial charge is 0.478 e. The van der Waals surface area contributed by atoms with Crippen LogP contribution in [0.15, 0.2) is 54.9 Å². The first-order valence-corrected chi connectivity index (χ1v) is 10.0. The molecule has 0 saturated carbocycles. The van der Waals surface area contributed by atoms with Crippen LogP contribution in [0.2, 0.25) is 0 Å². The fraction of sp³-hybridized carbons (Fsp3) is 0.0833. The van der Waals surface area contributed by atoms with Crippen molar-refractivity contribution in [2.45, 2.75) is 13.3 Å². The normalized spacial score (nSPS) is 11.4. The monoisotopic (exact) mass is 448 g/mol. The zero-order chi connectivity index (χ0) is 23.3. The van der Waals surface area contributed by atoms with Gasteiger partial charge in [-0.1, -0.05) is 13.0 Å². The molecule has 2 aromatic carbocycles. The zero-order valence-corrected chi connectivity index (χ0v) is 17.2. The summed E-state index contributed by atoms with van der Waals surface area (Å²) in [5, 5.41) is 10.1. The molecule has 0 aliphatic heterocycles. The van der Waals surface area contributed by atoms with Crippen LogP contribution in [0.3, 0.4) is 0 Å². The molecule has 3 heterocycles. The number of aromatic nitrogens is 4. The first-order valence-electron chi connectivity index (χ1n) is 10.0. The molecule has 3 aromatic heterocycles. The number of carbonyl (C=O) groups is 1. The Labute approximate surface area is 185 Å². The third-order valence-electron chi connectivity index (χ3n) is 5.47. The van der Waals surface area contributed by atoms with Gasteiger partial charge in [0, 0.05) is 24.4 Å². The van der Waals surface area contributed by atoms with Gasteiger partial charge in [0.15, 0.2) is 5.82 Å². The lowest BCUT2D eigenvalue weighted by atomic mass is 10.0. The summed E-state index contributed by atoms with van der Waals surface area (Å²) >= 11 is 0. The van der Waals surface area contributed by atoms with Gasteiger partial charge in [0.05, 0.1) is 27.7 Å². The molecular formula is C24H15F3N4O2. The molecule has 5 aromatic rings. The van der Waals surface area contributed by atoms with E-state index in [-0.39, 0.29) is 27.6 Å². The number of pyridine rings is 2. The third kappa shape index (κ3) is 3.20. The highest BCUT2D eigenvalue weighted by Gasteiger charge is 2.23. The van der Waals surface area contributed by atoms with Gasteiger partial charge in [-0.3, -0.25) is 9.55 Å². The fourth-order valence-electron chi connectivity index (χ4n) is 4.02. The van der Waals surface area contributed by atoms with Crippen LogP contribution in [0.4, 0.5) is 13.2 Å². The van der Waals surface area contributed by atoms with Crippen LogP contribution < -0.4 is 0 Å². The number of fused-ring (bicyclic) bond motifs is 2. The molecular weight excluding hydrogens is 433 g/mol. The third-order valence-corrected chi connectivity index (χ3v) is 5.47. The Hall–Kier alpha value is -4.27. The van der Waals surface area contributed by atoms with E-state index in [1.165, 1.54) is 30.5 Å². The number of aryl methyl sites for hydroxylation is 1. The van der Waals surface area contributed by atoms with Crippen molar-refractivity contribution in [3.8, 4) is 16.8 Å². The minimum atomic E-state index is -1.30. The maximum atomic E-state index is 14.9. The zero-order valence-electron chi connectivity index (χ0n) is 17.2. The number of aromatic carboxylic acids is 1. The number of hydrogen-bond donors (Lipinski definition) is 1. The second-order valence-corrected chi connectivity index (χ2v) is 7.34. The van der Waals surface area contributed by atoms with Gasteiger partial charge in [0.2, 0.25) is 5.95 Å². The van der Waals surface area contributed by atoms with Gasteiger partial charge in [-0.2, -0.15) is 4.39 Å². The lowest BCUT2D eigenvalue weighted by Gasteiger charge is -2.13. The van der Waals surface area contributed by atoms with E-state index in [0.29, 0.717) is 29.0 Å². The Morgan fingerprint density at radius 3 is 2.61 bits per heavy atom. The van der Waals surface area contributed by atoms with E-state index in [1.54, 1.807) is 22.8 Å². The predicted octanol–water partition coefficient (Wildman–Crippen LogP) is 5.31. The molecule has 9 heteroatoms. The average Bonchev–Trinajstić information content (AvgIpc) is 3.18. The number of nitrogens with zero attached hydrogens (tertiary/aromatic N) is 4. The van der Waals surface area contributed by atoms with Gasteiger partial charge < -0.3 is 5.11 Å². The Morgan fingerprint density at radius 2 is 1.85 bits per heavy atom. The van der Waals surface area contributed by atoms with Crippen LogP contribution in [-0.4, -0.2) is 30.6 Å². The van der Waals surface area contributed by atoms with Crippen molar-refractivity contribution in [1.82, 2.24) is 19.5 Å². The molecule has 33 heavy (non-hydrogen) atoms. The molecule has 0 radical (unpaired) electrons. The van der Waals surface area contributed by atoms with Crippen LogP contribution in [0.1, 0.15) is 23.1 Å². The Balaban J connectivity index is 1.93. The molecule has 0 amide bonds. The highest BCUT2D eigenvalue weighted by atomic mass is 19.2. The molecule has 0 fully saturated rings. The van der Waals surface area contributed by atoms with E-state index in [2.05, 4.69) is 15.0 Å². The van der Waals surface area contributed by atoms with E-state index in [1.807, 2.05) is 6.92 Å². The summed E-state index contributed by atoms with van der Waals surface area (Å²) in [7, 11) is 0. The highest BCUT2D eigenvalue weighted by molar-refractivity contribution is 6.04. The van der Waals surface area contributed by atoms with Gasteiger partial charge in [0.25, 0.3) is 0 Å². The minimum Gasteiger partial charge on any atom is -0.478 e. The van der Waals surface area contributed by atoms with E-state index >= 15 is 0 Å². The van der Waals surface area contributed by atoms with E-state index < -0.39 is 23.6 Å². The molecule has 0 atom stereocenters. The van der Waals surface area contributed by atoms with Crippen LogP contribution in [0.5, 0.6) is 0 Å². The second-order valence-electron chi connectivity index (χ2n) is 7.34. The topological polar surface area (TPSA) is 80.9 Å². The maximum absolute atomic E-state index is 14.9. The quantitative estimate of drug-likeness (QED) is 0.377. The number of carboxylic acid groups (broad SMARTS) is 1. The van der Waals surface area contributed by atoms with Crippen molar-refractivity contribution in [2.24, 2.45) is 0 Å². The van der Waals surface area contributed by atoms with E-state index in [0.717, 1.165) is 6.20 Å². The summed E-state index contributed by atoms with van der Waals surface area (Å²) in [5.74, 6) is -3.81. The van der Waals surface area contributed by atoms with Crippen molar-refractivity contribution in [3.63, 3.8) is 0 Å². The smallest absolute Gasteiger partial charge is 0.337 e. The van der Waals surface area contributed by atoms with Crippen LogP contribution in [0, 0.1) is 17.6 Å². The molecule has 0 aliphatic rings. The highest BCUT2D eigenvalue weighted by Crippen LogP contribution is 2.34. The summed E-state index contributed by atoms with van der Waals surface area (Å²) in [6.07, 6.45) is 3.01. The summed E-state index contributed by atoms with van der Waals surface area (Å²) in [6, 6.07) is 10.1. The lowest BCUT2D eigenvalue weighted by molar-refractivity contribution is 0.0699. The molecule has 0 unspecified atom stereocenters. The Kier molecular flexibility index (Phi) is 4.81. The first-order chi connectivity index (χ1) is 15.9. The number of carboxylic acids is 1. The summed E-state index contributed by atoms with van der Waals surface area (Å²) in [6.45, 7) is 1.83. The molecule has 0 bridgehead atoms. The number of hydrogen-bond acceptors (Lipinski definition) is 4. The van der Waals surface area contributed by atoms with E-state index in [9.17, 15) is 23.1 Å². The molecule has 164 valence electrons. The van der Waals surface area contributed by atoms with Crippen molar-refractivity contribution in [3.05, 3.63) is 83.8 Å². The molecule has 0 saturated heterocycles. The standard InChI is InChI=1S/C24H15F3N4O2/c1-2-19-30-22-14(24(32)33)10-12(13-6-8-29-23(27)21(13)26)11-18(22)31(19)17-7-9-28-16-5-3-4-15(25)20(16)17/h3-11H,2H2,1H3,(H,32,33). The molecule has 0 spiro atoms. The molecule has 6 nitrogen and oxygen atoms in total. The van der Waals surface area contributed by atoms with Crippen molar-refractivity contribution < 1.29 is 23.1 Å². The predicted molar refractivity (Wildman–Crippen MR) is 116 cm³/mol. The van der Waals surface area contributed by atoms with Gasteiger partial charge in [0.1, 0.15) is 17.2 Å². The number of halogens is 3. The van der Waals surface area contributed by atoms with Gasteiger partial charge >= 0.3 is 5.97 Å².